The van der Waals surface area contributed by atoms with Crippen LogP contribution in [0.1, 0.15) is 31.4 Å². The van der Waals surface area contributed by atoms with Crippen molar-refractivity contribution in [2.45, 2.75) is 38.2 Å². The minimum atomic E-state index is -0.536. The molecule has 2 aromatic rings. The van der Waals surface area contributed by atoms with E-state index in [1.807, 2.05) is 30.4 Å². The fraction of sp³-hybridized carbons (Fsp3) is 0.348. The number of ether oxygens (including phenoxy) is 1. The zero-order valence-corrected chi connectivity index (χ0v) is 17.2. The molecule has 5 nitrogen and oxygen atoms in total. The predicted octanol–water partition coefficient (Wildman–Crippen LogP) is 5.33. The highest BCUT2D eigenvalue weighted by Gasteiger charge is 2.37. The van der Waals surface area contributed by atoms with E-state index in [1.54, 1.807) is 12.1 Å². The van der Waals surface area contributed by atoms with Crippen LogP contribution >= 0.6 is 11.6 Å². The van der Waals surface area contributed by atoms with Crippen LogP contribution in [-0.2, 0) is 6.42 Å². The number of nitriles is 1. The van der Waals surface area contributed by atoms with Gasteiger partial charge in [0.05, 0.1) is 29.2 Å². The Morgan fingerprint density at radius 1 is 1.23 bits per heavy atom. The van der Waals surface area contributed by atoms with Crippen LogP contribution in [0.25, 0.3) is 0 Å². The van der Waals surface area contributed by atoms with Crippen molar-refractivity contribution in [3.8, 4) is 11.8 Å². The average molecular weight is 425 g/mol. The zero-order valence-electron chi connectivity index (χ0n) is 16.4. The van der Waals surface area contributed by atoms with Crippen LogP contribution in [0.15, 0.2) is 53.5 Å². The Hall–Kier alpha value is -2.91. The minimum Gasteiger partial charge on any atom is -0.487 e. The number of aliphatic imine (C=N–C) groups is 1. The Morgan fingerprint density at radius 2 is 2.03 bits per heavy atom. The monoisotopic (exact) mass is 424 g/mol. The second kappa shape index (κ2) is 8.85. The lowest BCUT2D eigenvalue weighted by Gasteiger charge is -2.35. The Bertz CT molecular complexity index is 1020. The van der Waals surface area contributed by atoms with Crippen molar-refractivity contribution in [2.24, 2.45) is 10.4 Å². The van der Waals surface area contributed by atoms with E-state index in [9.17, 15) is 9.65 Å². The summed E-state index contributed by atoms with van der Waals surface area (Å²) >= 11 is 5.83. The highest BCUT2D eigenvalue weighted by atomic mass is 35.5. The summed E-state index contributed by atoms with van der Waals surface area (Å²) in [4.78, 5) is 8.97. The van der Waals surface area contributed by atoms with Gasteiger partial charge in [-0.3, -0.25) is 4.99 Å². The van der Waals surface area contributed by atoms with E-state index in [2.05, 4.69) is 21.4 Å². The van der Waals surface area contributed by atoms with Crippen molar-refractivity contribution in [1.82, 2.24) is 4.98 Å². The zero-order chi connectivity index (χ0) is 21.0. The van der Waals surface area contributed by atoms with Crippen LogP contribution in [0.2, 0.25) is 5.02 Å². The molecule has 0 unspecified atom stereocenters. The lowest BCUT2D eigenvalue weighted by molar-refractivity contribution is 0.102. The Labute approximate surface area is 180 Å². The molecule has 0 atom stereocenters. The van der Waals surface area contributed by atoms with Gasteiger partial charge < -0.3 is 10.1 Å². The molecule has 0 spiro atoms. The molecule has 1 fully saturated rings. The van der Waals surface area contributed by atoms with Gasteiger partial charge in [-0.1, -0.05) is 29.8 Å². The number of pyridine rings is 1. The van der Waals surface area contributed by atoms with Crippen molar-refractivity contribution in [2.75, 3.05) is 11.9 Å². The van der Waals surface area contributed by atoms with Crippen LogP contribution in [-0.4, -0.2) is 23.5 Å². The maximum Gasteiger partial charge on any atom is 0.183 e. The molecule has 1 N–H and O–H groups in total. The van der Waals surface area contributed by atoms with E-state index in [1.165, 1.54) is 6.07 Å². The third-order valence-electron chi connectivity index (χ3n) is 5.56. The topological polar surface area (TPSA) is 70.3 Å². The van der Waals surface area contributed by atoms with Crippen molar-refractivity contribution in [3.05, 3.63) is 65.1 Å². The number of halogens is 2. The van der Waals surface area contributed by atoms with Crippen molar-refractivity contribution >= 4 is 23.3 Å². The number of hydrogen-bond acceptors (Lipinski definition) is 5. The molecule has 1 aromatic heterocycles. The smallest absolute Gasteiger partial charge is 0.183 e. The van der Waals surface area contributed by atoms with Gasteiger partial charge in [0.15, 0.2) is 11.6 Å². The largest absolute Gasteiger partial charge is 0.487 e. The van der Waals surface area contributed by atoms with E-state index in [0.717, 1.165) is 17.3 Å². The number of rotatable bonds is 5. The van der Waals surface area contributed by atoms with Crippen LogP contribution in [0.4, 0.5) is 10.2 Å². The summed E-state index contributed by atoms with van der Waals surface area (Å²) in [6.07, 6.45) is 7.04. The van der Waals surface area contributed by atoms with E-state index >= 15 is 0 Å². The molecule has 0 radical (unpaired) electrons. The SMILES string of the molecule is N#C[C@]1(Cc2cccc(NC3=NCC=C3)n2)CC[C@@H](Oc2cccc(Cl)c2F)CC1. The van der Waals surface area contributed by atoms with Gasteiger partial charge in [-0.25, -0.2) is 9.37 Å². The first-order chi connectivity index (χ1) is 14.6. The molecule has 1 aromatic carbocycles. The molecular weight excluding hydrogens is 403 g/mol. The summed E-state index contributed by atoms with van der Waals surface area (Å²) in [7, 11) is 0. The quantitative estimate of drug-likeness (QED) is 0.704. The lowest BCUT2D eigenvalue weighted by Crippen LogP contribution is -2.33. The minimum absolute atomic E-state index is 0.0494. The lowest BCUT2D eigenvalue weighted by atomic mass is 9.71. The molecule has 1 aliphatic heterocycles. The Balaban J connectivity index is 1.39. The van der Waals surface area contributed by atoms with E-state index in [0.29, 0.717) is 38.6 Å². The van der Waals surface area contributed by atoms with Crippen molar-refractivity contribution < 1.29 is 9.13 Å². The van der Waals surface area contributed by atoms with Crippen LogP contribution in [0.5, 0.6) is 5.75 Å². The van der Waals surface area contributed by atoms with Crippen LogP contribution < -0.4 is 10.1 Å². The normalized spacial score (nSPS) is 23.0. The number of benzene rings is 1. The summed E-state index contributed by atoms with van der Waals surface area (Å²) in [6.45, 7) is 0.682. The third kappa shape index (κ3) is 4.63. The van der Waals surface area contributed by atoms with E-state index < -0.39 is 11.2 Å². The summed E-state index contributed by atoms with van der Waals surface area (Å²) in [5, 5.41) is 13.2. The first-order valence-electron chi connectivity index (χ1n) is 10.0. The first-order valence-corrected chi connectivity index (χ1v) is 10.4. The Morgan fingerprint density at radius 3 is 2.77 bits per heavy atom. The van der Waals surface area contributed by atoms with Gasteiger partial charge in [0.25, 0.3) is 0 Å². The molecule has 1 aliphatic carbocycles. The molecule has 0 bridgehead atoms. The number of amidine groups is 1. The molecule has 2 heterocycles. The number of aromatic nitrogens is 1. The van der Waals surface area contributed by atoms with Gasteiger partial charge in [0.2, 0.25) is 0 Å². The molecule has 4 rings (SSSR count). The predicted molar refractivity (Wildman–Crippen MR) is 115 cm³/mol. The highest BCUT2D eigenvalue weighted by Crippen LogP contribution is 2.40. The second-order valence-electron chi connectivity index (χ2n) is 7.71. The van der Waals surface area contributed by atoms with Gasteiger partial charge in [-0.15, -0.1) is 0 Å². The highest BCUT2D eigenvalue weighted by molar-refractivity contribution is 6.30. The maximum absolute atomic E-state index is 14.1. The fourth-order valence-corrected chi connectivity index (χ4v) is 4.09. The molecular formula is C23H22ClFN4O. The molecule has 0 amide bonds. The summed E-state index contributed by atoms with van der Waals surface area (Å²) in [5.41, 5.74) is 0.368. The summed E-state index contributed by atoms with van der Waals surface area (Å²) in [5.74, 6) is 1.15. The summed E-state index contributed by atoms with van der Waals surface area (Å²) in [6, 6.07) is 13.0. The van der Waals surface area contributed by atoms with Crippen molar-refractivity contribution in [1.29, 1.82) is 5.26 Å². The average Bonchev–Trinajstić information content (AvgIpc) is 3.26. The Kier molecular flexibility index (Phi) is 6.01. The number of anilines is 1. The molecule has 154 valence electrons. The first kappa shape index (κ1) is 20.4. The van der Waals surface area contributed by atoms with Gasteiger partial charge in [-0.2, -0.15) is 5.26 Å². The molecule has 0 saturated heterocycles. The van der Waals surface area contributed by atoms with E-state index in [4.69, 9.17) is 16.3 Å². The van der Waals surface area contributed by atoms with E-state index in [-0.39, 0.29) is 16.9 Å². The van der Waals surface area contributed by atoms with Crippen LogP contribution in [0.3, 0.4) is 0 Å². The summed E-state index contributed by atoms with van der Waals surface area (Å²) < 4.78 is 19.9. The van der Waals surface area contributed by atoms with Gasteiger partial charge in [0, 0.05) is 12.1 Å². The molecule has 1 saturated carbocycles. The molecule has 30 heavy (non-hydrogen) atoms. The number of hydrogen-bond donors (Lipinski definition) is 1. The second-order valence-corrected chi connectivity index (χ2v) is 8.11. The fourth-order valence-electron chi connectivity index (χ4n) is 3.92. The standard InChI is InChI=1S/C23H22ClFN4O/c24-18-5-2-6-19(22(18)25)30-17-9-11-23(15-26,12-10-17)14-16-4-1-7-21(28-16)29-20-8-3-13-27-20/h1-8,17H,9-14H2,(H,27,28,29)/t17-,23-. The number of nitrogens with one attached hydrogen (secondary N) is 1. The van der Waals surface area contributed by atoms with Crippen molar-refractivity contribution in [3.63, 3.8) is 0 Å². The van der Waals surface area contributed by atoms with Gasteiger partial charge in [-0.05, 0) is 56.0 Å². The van der Waals surface area contributed by atoms with Gasteiger partial charge in [0.1, 0.15) is 11.7 Å². The molecule has 2 aliphatic rings. The third-order valence-corrected chi connectivity index (χ3v) is 5.85. The molecule has 7 heteroatoms. The van der Waals surface area contributed by atoms with Gasteiger partial charge >= 0.3 is 0 Å². The maximum atomic E-state index is 14.1. The van der Waals surface area contributed by atoms with Crippen LogP contribution in [0, 0.1) is 22.6 Å². The number of nitrogens with zero attached hydrogens (tertiary/aromatic N) is 3.